The Hall–Kier alpha value is -2.54. The van der Waals surface area contributed by atoms with Gasteiger partial charge in [-0.15, -0.1) is 0 Å². The van der Waals surface area contributed by atoms with Gasteiger partial charge in [-0.05, 0) is 0 Å². The number of hydrogen-bond donors (Lipinski definition) is 0. The summed E-state index contributed by atoms with van der Waals surface area (Å²) in [7, 11) is 0. The summed E-state index contributed by atoms with van der Waals surface area (Å²) in [5.74, 6) is 0.430. The molecule has 3 heteroatoms. The Balaban J connectivity index is 1.57. The number of benzene rings is 3. The van der Waals surface area contributed by atoms with Gasteiger partial charge in [0.25, 0.3) is 0 Å². The van der Waals surface area contributed by atoms with Crippen LogP contribution in [0.2, 0.25) is 0 Å². The van der Waals surface area contributed by atoms with Crippen LogP contribution in [0.3, 0.4) is 0 Å². The van der Waals surface area contributed by atoms with Gasteiger partial charge in [0.15, 0.2) is 0 Å². The Morgan fingerprint density at radius 1 is 0.766 bits per heavy atom. The quantitative estimate of drug-likeness (QED) is 0.131. The molecule has 3 aromatic carbocycles. The van der Waals surface area contributed by atoms with E-state index in [0.29, 0.717) is 5.92 Å². The molecular weight excluding hydrogens is 653 g/mol. The standard InChI is InChI=1S/C44H55BrNP/c1-7-8-9-10-11-15-22-34-29-30-38(41-40(34)39-31-43(3,4)32-44(5,6)42(39)46-41)33(2)47(45,35-23-16-12-17-24-35,36-25-18-13-19-26-36)37-27-20-14-21-28-37/h12-14,16-21,23-30,33-34H,7-11,15,22,31-32H2,1-6H3. The molecule has 3 aliphatic rings. The van der Waals surface area contributed by atoms with Crippen LogP contribution in [0.1, 0.15) is 99.3 Å². The minimum atomic E-state index is -3.28. The number of allylic oxidation sites excluding steroid dienone is 5. The van der Waals surface area contributed by atoms with Crippen LogP contribution >= 0.6 is 20.8 Å². The van der Waals surface area contributed by atoms with Crippen LogP contribution in [0.25, 0.3) is 0 Å². The molecule has 2 atom stereocenters. The molecule has 2 aliphatic carbocycles. The number of nitrogens with zero attached hydrogens (tertiary/aromatic N) is 1. The topological polar surface area (TPSA) is 12.4 Å². The molecule has 0 radical (unpaired) electrons. The Morgan fingerprint density at radius 3 is 1.81 bits per heavy atom. The summed E-state index contributed by atoms with van der Waals surface area (Å²) in [6.45, 7) is 14.6. The summed E-state index contributed by atoms with van der Waals surface area (Å²) in [4.78, 5) is 5.77. The maximum atomic E-state index is 5.77. The first kappa shape index (κ1) is 34.3. The summed E-state index contributed by atoms with van der Waals surface area (Å²) in [5, 5.41) is 0.800. The van der Waals surface area contributed by atoms with Crippen molar-refractivity contribution in [2.45, 2.75) is 105 Å². The Kier molecular flexibility index (Phi) is 9.79. The van der Waals surface area contributed by atoms with E-state index < -0.39 is 5.31 Å². The van der Waals surface area contributed by atoms with Crippen molar-refractivity contribution in [1.29, 1.82) is 0 Å². The number of hydrogen-bond acceptors (Lipinski definition) is 1. The van der Waals surface area contributed by atoms with Crippen molar-refractivity contribution in [2.24, 2.45) is 21.7 Å². The van der Waals surface area contributed by atoms with E-state index in [-0.39, 0.29) is 16.5 Å². The molecule has 2 unspecified atom stereocenters. The molecule has 6 rings (SSSR count). The van der Waals surface area contributed by atoms with Crippen molar-refractivity contribution in [1.82, 2.24) is 0 Å². The molecule has 0 aromatic heterocycles. The van der Waals surface area contributed by atoms with Crippen molar-refractivity contribution in [3.63, 3.8) is 0 Å². The van der Waals surface area contributed by atoms with Gasteiger partial charge in [-0.1, -0.05) is 6.92 Å². The third-order valence-electron chi connectivity index (χ3n) is 11.3. The van der Waals surface area contributed by atoms with Crippen LogP contribution in [0.5, 0.6) is 0 Å². The second-order valence-corrected chi connectivity index (χ2v) is 24.7. The van der Waals surface area contributed by atoms with Gasteiger partial charge < -0.3 is 0 Å². The average molecular weight is 709 g/mol. The summed E-state index contributed by atoms with van der Waals surface area (Å²) < 4.78 is 0. The molecule has 3 aromatic rings. The molecule has 0 bridgehead atoms. The molecule has 0 N–H and O–H groups in total. The van der Waals surface area contributed by atoms with Crippen molar-refractivity contribution in [3.8, 4) is 0 Å². The first-order valence-corrected chi connectivity index (χ1v) is 22.5. The molecule has 1 heterocycles. The third-order valence-corrected chi connectivity index (χ3v) is 22.5. The van der Waals surface area contributed by atoms with Crippen LogP contribution < -0.4 is 15.9 Å². The number of unbranched alkanes of at least 4 members (excludes halogenated alkanes) is 5. The predicted octanol–water partition coefficient (Wildman–Crippen LogP) is 12.0. The van der Waals surface area contributed by atoms with Crippen LogP contribution in [0.4, 0.5) is 0 Å². The van der Waals surface area contributed by atoms with Crippen LogP contribution in [-0.2, 0) is 0 Å². The number of aliphatic imine (C=N–C) groups is 1. The van der Waals surface area contributed by atoms with E-state index in [4.69, 9.17) is 20.5 Å². The predicted molar refractivity (Wildman–Crippen MR) is 212 cm³/mol. The zero-order chi connectivity index (χ0) is 33.3. The SMILES string of the molecule is CCCCCCCCC1C=CC(C(C)P(Br)(c2ccccc2)(c2ccccc2)c2ccccc2)=C2N=C3C(=C21)CC(C)(C)CC3(C)C. The molecule has 1 nitrogen and oxygen atoms in total. The molecule has 0 amide bonds. The number of fused-ring (bicyclic) bond motifs is 2. The monoisotopic (exact) mass is 707 g/mol. The van der Waals surface area contributed by atoms with Crippen molar-refractivity contribution in [3.05, 3.63) is 126 Å². The van der Waals surface area contributed by atoms with E-state index in [1.165, 1.54) is 84.3 Å². The first-order valence-electron chi connectivity index (χ1n) is 18.2. The van der Waals surface area contributed by atoms with Gasteiger partial charge in [0, 0.05) is 0 Å². The van der Waals surface area contributed by atoms with Gasteiger partial charge in [-0.2, -0.15) is 0 Å². The zero-order valence-corrected chi connectivity index (χ0v) is 32.1. The Morgan fingerprint density at radius 2 is 1.28 bits per heavy atom. The molecule has 248 valence electrons. The fourth-order valence-corrected chi connectivity index (χ4v) is 17.4. The van der Waals surface area contributed by atoms with E-state index in [0.717, 1.165) is 6.42 Å². The van der Waals surface area contributed by atoms with Crippen LogP contribution in [0, 0.1) is 16.7 Å². The van der Waals surface area contributed by atoms with Gasteiger partial charge in [0.1, 0.15) is 0 Å². The second kappa shape index (κ2) is 13.4. The van der Waals surface area contributed by atoms with Crippen LogP contribution in [0.15, 0.2) is 131 Å². The average Bonchev–Trinajstić information content (AvgIpc) is 3.46. The summed E-state index contributed by atoms with van der Waals surface area (Å²) in [5.41, 5.74) is 7.57. The second-order valence-electron chi connectivity index (χ2n) is 15.8. The first-order chi connectivity index (χ1) is 22.5. The van der Waals surface area contributed by atoms with Gasteiger partial charge in [-0.25, -0.2) is 0 Å². The molecule has 0 saturated heterocycles. The van der Waals surface area contributed by atoms with E-state index >= 15 is 0 Å². The Bertz CT molecular complexity index is 1590. The van der Waals surface area contributed by atoms with Gasteiger partial charge in [-0.3, -0.25) is 0 Å². The zero-order valence-electron chi connectivity index (χ0n) is 29.6. The van der Waals surface area contributed by atoms with Crippen molar-refractivity contribution in [2.75, 3.05) is 0 Å². The van der Waals surface area contributed by atoms with Crippen molar-refractivity contribution >= 4 is 42.4 Å². The number of halogens is 1. The fourth-order valence-electron chi connectivity index (χ4n) is 9.34. The van der Waals surface area contributed by atoms with Gasteiger partial charge >= 0.3 is 288 Å². The van der Waals surface area contributed by atoms with Gasteiger partial charge in [0.05, 0.1) is 0 Å². The van der Waals surface area contributed by atoms with E-state index in [1.54, 1.807) is 11.1 Å². The van der Waals surface area contributed by atoms with E-state index in [9.17, 15) is 0 Å². The third kappa shape index (κ3) is 6.01. The summed E-state index contributed by atoms with van der Waals surface area (Å²) in [6, 6.07) is 33.8. The minimum absolute atomic E-state index is 0.0473. The van der Waals surface area contributed by atoms with Crippen molar-refractivity contribution < 1.29 is 0 Å². The molecule has 0 spiro atoms. The summed E-state index contributed by atoms with van der Waals surface area (Å²) >= 11 is 4.82. The fraction of sp³-hybridized carbons (Fsp3) is 0.432. The van der Waals surface area contributed by atoms with E-state index in [1.807, 2.05) is 0 Å². The molecule has 47 heavy (non-hydrogen) atoms. The molecule has 1 fully saturated rings. The normalized spacial score (nSPS) is 21.5. The molecule has 1 saturated carbocycles. The Labute approximate surface area is 293 Å². The van der Waals surface area contributed by atoms with Gasteiger partial charge in [0.2, 0.25) is 0 Å². The van der Waals surface area contributed by atoms with E-state index in [2.05, 4.69) is 145 Å². The summed E-state index contributed by atoms with van der Waals surface area (Å²) in [6.07, 6.45) is 16.6. The molecule has 1 aliphatic heterocycles. The molecular formula is C44H55BrNP. The number of rotatable bonds is 12. The maximum absolute atomic E-state index is 5.77. The van der Waals surface area contributed by atoms with Crippen LogP contribution in [-0.4, -0.2) is 11.4 Å².